The summed E-state index contributed by atoms with van der Waals surface area (Å²) in [6.45, 7) is 0. The van der Waals surface area contributed by atoms with Crippen molar-refractivity contribution in [2.75, 3.05) is 0 Å². The molecular formula is C18H13BrN2O2S. The minimum absolute atomic E-state index is 0.131. The molecule has 0 bridgehead atoms. The Hall–Kier alpha value is -2.31. The van der Waals surface area contributed by atoms with Crippen LogP contribution in [0.25, 0.3) is 0 Å². The third-order valence-corrected chi connectivity index (χ3v) is 5.65. The maximum atomic E-state index is 12.9. The molecule has 0 spiro atoms. The van der Waals surface area contributed by atoms with E-state index in [0.717, 1.165) is 4.47 Å². The fraction of sp³-hybridized carbons (Fsp3) is 0. The lowest BCUT2D eigenvalue weighted by Crippen LogP contribution is -2.02. The van der Waals surface area contributed by atoms with Gasteiger partial charge in [0, 0.05) is 4.47 Å². The van der Waals surface area contributed by atoms with Crippen LogP contribution in [-0.4, -0.2) is 8.42 Å². The average molecular weight is 401 g/mol. The van der Waals surface area contributed by atoms with Crippen LogP contribution < -0.4 is 0 Å². The van der Waals surface area contributed by atoms with Crippen LogP contribution in [0, 0.1) is 0 Å². The van der Waals surface area contributed by atoms with E-state index < -0.39 is 9.84 Å². The maximum absolute atomic E-state index is 12.9. The first kappa shape index (κ1) is 16.5. The summed E-state index contributed by atoms with van der Waals surface area (Å²) in [7, 11) is -3.67. The fourth-order valence-corrected chi connectivity index (χ4v) is 3.77. The van der Waals surface area contributed by atoms with Gasteiger partial charge in [0.2, 0.25) is 9.84 Å². The van der Waals surface area contributed by atoms with Gasteiger partial charge in [-0.15, -0.1) is 5.11 Å². The van der Waals surface area contributed by atoms with Gasteiger partial charge >= 0.3 is 0 Å². The van der Waals surface area contributed by atoms with Crippen molar-refractivity contribution in [1.82, 2.24) is 0 Å². The lowest BCUT2D eigenvalue weighted by Gasteiger charge is -2.07. The number of nitrogens with zero attached hydrogens (tertiary/aromatic N) is 2. The zero-order valence-corrected chi connectivity index (χ0v) is 14.9. The molecule has 0 heterocycles. The second-order valence-electron chi connectivity index (χ2n) is 4.96. The molecule has 3 aromatic rings. The fourth-order valence-electron chi connectivity index (χ4n) is 2.11. The second kappa shape index (κ2) is 7.07. The molecule has 0 saturated carbocycles. The van der Waals surface area contributed by atoms with Crippen molar-refractivity contribution in [1.29, 1.82) is 0 Å². The number of rotatable bonds is 4. The first-order chi connectivity index (χ1) is 11.6. The first-order valence-corrected chi connectivity index (χ1v) is 9.41. The van der Waals surface area contributed by atoms with E-state index in [9.17, 15) is 8.42 Å². The van der Waals surface area contributed by atoms with Crippen LogP contribution >= 0.6 is 15.9 Å². The zero-order valence-electron chi connectivity index (χ0n) is 12.5. The molecule has 0 aromatic heterocycles. The highest BCUT2D eigenvalue weighted by Crippen LogP contribution is 2.31. The highest BCUT2D eigenvalue weighted by Gasteiger charge is 2.21. The summed E-state index contributed by atoms with van der Waals surface area (Å²) >= 11 is 3.31. The van der Waals surface area contributed by atoms with Gasteiger partial charge in [-0.3, -0.25) is 0 Å². The van der Waals surface area contributed by atoms with Crippen molar-refractivity contribution in [2.24, 2.45) is 10.2 Å². The molecule has 0 fully saturated rings. The van der Waals surface area contributed by atoms with E-state index in [0.29, 0.717) is 11.4 Å². The number of halogens is 1. The topological polar surface area (TPSA) is 58.9 Å². The Morgan fingerprint density at radius 3 is 2.04 bits per heavy atom. The summed E-state index contributed by atoms with van der Waals surface area (Å²) in [4.78, 5) is 0.347. The Morgan fingerprint density at radius 2 is 1.33 bits per heavy atom. The van der Waals surface area contributed by atoms with Crippen LogP contribution in [0.1, 0.15) is 0 Å². The second-order valence-corrected chi connectivity index (χ2v) is 7.79. The highest BCUT2D eigenvalue weighted by molar-refractivity contribution is 9.10. The Bertz CT molecular complexity index is 969. The van der Waals surface area contributed by atoms with Crippen LogP contribution in [0.5, 0.6) is 0 Å². The Balaban J connectivity index is 2.03. The lowest BCUT2D eigenvalue weighted by molar-refractivity contribution is 0.596. The molecule has 0 radical (unpaired) electrons. The lowest BCUT2D eigenvalue weighted by atomic mass is 10.3. The van der Waals surface area contributed by atoms with Gasteiger partial charge in [0.1, 0.15) is 5.69 Å². The molecule has 24 heavy (non-hydrogen) atoms. The number of benzene rings is 3. The molecule has 0 aliphatic heterocycles. The molecule has 0 amide bonds. The molecule has 120 valence electrons. The van der Waals surface area contributed by atoms with Gasteiger partial charge in [0.25, 0.3) is 0 Å². The molecule has 0 unspecified atom stereocenters. The van der Waals surface area contributed by atoms with E-state index in [-0.39, 0.29) is 9.79 Å². The molecule has 4 nitrogen and oxygen atoms in total. The van der Waals surface area contributed by atoms with Gasteiger partial charge in [-0.05, 0) is 48.5 Å². The van der Waals surface area contributed by atoms with Gasteiger partial charge in [-0.2, -0.15) is 5.11 Å². The Kier molecular flexibility index (Phi) is 4.87. The largest absolute Gasteiger partial charge is 0.218 e. The predicted molar refractivity (Wildman–Crippen MR) is 96.7 cm³/mol. The summed E-state index contributed by atoms with van der Waals surface area (Å²) < 4.78 is 26.5. The van der Waals surface area contributed by atoms with Crippen molar-refractivity contribution < 1.29 is 8.42 Å². The minimum Gasteiger partial charge on any atom is -0.218 e. The van der Waals surface area contributed by atoms with Crippen molar-refractivity contribution in [3.8, 4) is 0 Å². The number of sulfone groups is 1. The SMILES string of the molecule is O=S(=O)(c1ccc(Br)cc1)c1ccccc1N=Nc1ccccc1. The summed E-state index contributed by atoms with van der Waals surface area (Å²) in [5.41, 5.74) is 0.970. The van der Waals surface area contributed by atoms with E-state index in [1.165, 1.54) is 6.07 Å². The Labute approximate surface area is 148 Å². The average Bonchev–Trinajstić information content (AvgIpc) is 2.61. The molecule has 6 heteroatoms. The zero-order chi connectivity index (χ0) is 17.0. The maximum Gasteiger partial charge on any atom is 0.208 e. The van der Waals surface area contributed by atoms with E-state index >= 15 is 0 Å². The quantitative estimate of drug-likeness (QED) is 0.527. The van der Waals surface area contributed by atoms with Crippen LogP contribution in [-0.2, 0) is 9.84 Å². The summed E-state index contributed by atoms with van der Waals surface area (Å²) in [6, 6.07) is 22.3. The molecule has 0 atom stereocenters. The molecule has 0 saturated heterocycles. The van der Waals surface area contributed by atoms with E-state index in [2.05, 4.69) is 26.2 Å². The highest BCUT2D eigenvalue weighted by atomic mass is 79.9. The third-order valence-electron chi connectivity index (χ3n) is 3.31. The van der Waals surface area contributed by atoms with Gasteiger partial charge in [-0.25, -0.2) is 8.42 Å². The van der Waals surface area contributed by atoms with E-state index in [1.54, 1.807) is 54.6 Å². The standard InChI is InChI=1S/C18H13BrN2O2S/c19-14-10-12-16(13-11-14)24(22,23)18-9-5-4-8-17(18)21-20-15-6-2-1-3-7-15/h1-13H. The van der Waals surface area contributed by atoms with Gasteiger partial charge in [-0.1, -0.05) is 46.3 Å². The normalized spacial score (nSPS) is 11.7. The summed E-state index contributed by atoms with van der Waals surface area (Å²) in [6.07, 6.45) is 0. The van der Waals surface area contributed by atoms with Gasteiger partial charge < -0.3 is 0 Å². The van der Waals surface area contributed by atoms with Crippen LogP contribution in [0.2, 0.25) is 0 Å². The molecule has 0 N–H and O–H groups in total. The molecule has 0 aliphatic rings. The van der Waals surface area contributed by atoms with Gasteiger partial charge in [0.15, 0.2) is 0 Å². The number of hydrogen-bond acceptors (Lipinski definition) is 4. The molecule has 3 rings (SSSR count). The predicted octanol–water partition coefficient (Wildman–Crippen LogP) is 5.70. The minimum atomic E-state index is -3.67. The molecular weight excluding hydrogens is 388 g/mol. The van der Waals surface area contributed by atoms with E-state index in [1.807, 2.05) is 18.2 Å². The Morgan fingerprint density at radius 1 is 0.708 bits per heavy atom. The number of hydrogen-bond donors (Lipinski definition) is 0. The van der Waals surface area contributed by atoms with Gasteiger partial charge in [0.05, 0.1) is 15.5 Å². The van der Waals surface area contributed by atoms with Crippen LogP contribution in [0.15, 0.2) is 103 Å². The smallest absolute Gasteiger partial charge is 0.208 e. The van der Waals surface area contributed by atoms with Crippen molar-refractivity contribution in [3.05, 3.63) is 83.3 Å². The van der Waals surface area contributed by atoms with E-state index in [4.69, 9.17) is 0 Å². The van der Waals surface area contributed by atoms with Crippen molar-refractivity contribution in [3.63, 3.8) is 0 Å². The molecule has 3 aromatic carbocycles. The van der Waals surface area contributed by atoms with Crippen molar-refractivity contribution in [2.45, 2.75) is 9.79 Å². The number of azo groups is 1. The molecule has 0 aliphatic carbocycles. The first-order valence-electron chi connectivity index (χ1n) is 7.14. The summed E-state index contributed by atoms with van der Waals surface area (Å²) in [5, 5.41) is 8.23. The summed E-state index contributed by atoms with van der Waals surface area (Å²) in [5.74, 6) is 0. The monoisotopic (exact) mass is 400 g/mol. The van der Waals surface area contributed by atoms with Crippen LogP contribution in [0.4, 0.5) is 11.4 Å². The van der Waals surface area contributed by atoms with Crippen LogP contribution in [0.3, 0.4) is 0 Å². The van der Waals surface area contributed by atoms with Crippen molar-refractivity contribution >= 4 is 37.1 Å². The third kappa shape index (κ3) is 3.60.